The van der Waals surface area contributed by atoms with Gasteiger partial charge in [-0.25, -0.2) is 0 Å². The largest absolute Gasteiger partial charge is 0.466 e. The highest BCUT2D eigenvalue weighted by Crippen LogP contribution is 2.15. The van der Waals surface area contributed by atoms with E-state index >= 15 is 0 Å². The molecule has 88 valence electrons. The maximum Gasteiger partial charge on any atom is 0.307 e. The Morgan fingerprint density at radius 3 is 2.75 bits per heavy atom. The number of aryl methyl sites for hydroxylation is 2. The Morgan fingerprint density at radius 1 is 1.38 bits per heavy atom. The van der Waals surface area contributed by atoms with E-state index in [-0.39, 0.29) is 5.97 Å². The zero-order chi connectivity index (χ0) is 12.0. The fourth-order valence-corrected chi connectivity index (χ4v) is 1.54. The maximum absolute atomic E-state index is 11.1. The van der Waals surface area contributed by atoms with Crippen LogP contribution in [0, 0.1) is 13.8 Å². The third kappa shape index (κ3) is 3.93. The quantitative estimate of drug-likeness (QED) is 0.777. The highest BCUT2D eigenvalue weighted by Gasteiger charge is 2.02. The van der Waals surface area contributed by atoms with E-state index in [1.165, 1.54) is 11.1 Å². The van der Waals surface area contributed by atoms with Crippen LogP contribution in [0.4, 0.5) is 5.69 Å². The summed E-state index contributed by atoms with van der Waals surface area (Å²) in [5.74, 6) is -0.153. The van der Waals surface area contributed by atoms with Crippen LogP contribution in [0.25, 0.3) is 0 Å². The van der Waals surface area contributed by atoms with Crippen molar-refractivity contribution in [2.75, 3.05) is 18.5 Å². The third-order valence-electron chi connectivity index (χ3n) is 2.33. The second kappa shape index (κ2) is 6.16. The molecule has 16 heavy (non-hydrogen) atoms. The molecule has 0 aliphatic heterocycles. The van der Waals surface area contributed by atoms with Crippen molar-refractivity contribution in [1.29, 1.82) is 0 Å². The number of nitrogens with one attached hydrogen (secondary N) is 1. The Morgan fingerprint density at radius 2 is 2.12 bits per heavy atom. The van der Waals surface area contributed by atoms with E-state index in [0.29, 0.717) is 19.6 Å². The lowest BCUT2D eigenvalue weighted by Gasteiger charge is -2.09. The predicted octanol–water partition coefficient (Wildman–Crippen LogP) is 2.67. The van der Waals surface area contributed by atoms with Gasteiger partial charge < -0.3 is 10.1 Å². The molecule has 1 aromatic rings. The fourth-order valence-electron chi connectivity index (χ4n) is 1.54. The minimum absolute atomic E-state index is 0.153. The van der Waals surface area contributed by atoms with Crippen LogP contribution in [-0.4, -0.2) is 19.1 Å². The van der Waals surface area contributed by atoms with Gasteiger partial charge in [-0.2, -0.15) is 0 Å². The first-order valence-corrected chi connectivity index (χ1v) is 5.60. The molecule has 0 unspecified atom stereocenters. The lowest BCUT2D eigenvalue weighted by atomic mass is 10.1. The number of benzene rings is 1. The Hall–Kier alpha value is -1.51. The molecule has 1 rings (SSSR count). The topological polar surface area (TPSA) is 38.3 Å². The number of esters is 1. The summed E-state index contributed by atoms with van der Waals surface area (Å²) >= 11 is 0. The average Bonchev–Trinajstić information content (AvgIpc) is 2.22. The molecule has 0 aromatic heterocycles. The van der Waals surface area contributed by atoms with Crippen LogP contribution in [-0.2, 0) is 9.53 Å². The van der Waals surface area contributed by atoms with Crippen molar-refractivity contribution < 1.29 is 9.53 Å². The Balaban J connectivity index is 2.40. The first-order valence-electron chi connectivity index (χ1n) is 5.60. The molecule has 0 saturated heterocycles. The van der Waals surface area contributed by atoms with Gasteiger partial charge in [-0.05, 0) is 32.4 Å². The van der Waals surface area contributed by atoms with Crippen LogP contribution >= 0.6 is 0 Å². The average molecular weight is 221 g/mol. The van der Waals surface area contributed by atoms with E-state index in [1.807, 2.05) is 13.0 Å². The van der Waals surface area contributed by atoms with Gasteiger partial charge in [-0.1, -0.05) is 17.7 Å². The fraction of sp³-hybridized carbons (Fsp3) is 0.462. The van der Waals surface area contributed by atoms with Crippen molar-refractivity contribution in [3.8, 4) is 0 Å². The summed E-state index contributed by atoms with van der Waals surface area (Å²) in [6.07, 6.45) is 0.404. The molecule has 0 radical (unpaired) electrons. The van der Waals surface area contributed by atoms with Gasteiger partial charge in [0.15, 0.2) is 0 Å². The summed E-state index contributed by atoms with van der Waals surface area (Å²) in [4.78, 5) is 11.1. The Labute approximate surface area is 96.8 Å². The summed E-state index contributed by atoms with van der Waals surface area (Å²) in [5.41, 5.74) is 3.52. The molecule has 1 N–H and O–H groups in total. The van der Waals surface area contributed by atoms with Gasteiger partial charge in [0.2, 0.25) is 0 Å². The van der Waals surface area contributed by atoms with Crippen LogP contribution in [0.3, 0.4) is 0 Å². The van der Waals surface area contributed by atoms with Gasteiger partial charge in [0.1, 0.15) is 0 Å². The number of hydrogen-bond acceptors (Lipinski definition) is 3. The van der Waals surface area contributed by atoms with Gasteiger partial charge in [0, 0.05) is 12.2 Å². The van der Waals surface area contributed by atoms with Crippen molar-refractivity contribution in [3.63, 3.8) is 0 Å². The molecule has 0 heterocycles. The number of rotatable bonds is 5. The molecule has 1 aromatic carbocycles. The van der Waals surface area contributed by atoms with Crippen molar-refractivity contribution in [2.24, 2.45) is 0 Å². The predicted molar refractivity (Wildman–Crippen MR) is 65.7 cm³/mol. The number of anilines is 1. The van der Waals surface area contributed by atoms with Crippen LogP contribution in [0.5, 0.6) is 0 Å². The van der Waals surface area contributed by atoms with E-state index in [9.17, 15) is 4.79 Å². The normalized spacial score (nSPS) is 9.94. The number of carbonyl (C=O) groups is 1. The van der Waals surface area contributed by atoms with Crippen LogP contribution in [0.2, 0.25) is 0 Å². The molecular weight excluding hydrogens is 202 g/mol. The van der Waals surface area contributed by atoms with Gasteiger partial charge >= 0.3 is 5.97 Å². The van der Waals surface area contributed by atoms with Gasteiger partial charge in [0.25, 0.3) is 0 Å². The molecule has 0 bridgehead atoms. The lowest BCUT2D eigenvalue weighted by molar-refractivity contribution is -0.142. The number of carbonyl (C=O) groups excluding carboxylic acids is 1. The molecule has 0 spiro atoms. The molecular formula is C13H19NO2. The van der Waals surface area contributed by atoms with E-state index in [0.717, 1.165) is 5.69 Å². The van der Waals surface area contributed by atoms with E-state index in [1.54, 1.807) is 0 Å². The SMILES string of the molecule is CCOC(=O)CCNc1ccc(C)cc1C. The zero-order valence-electron chi connectivity index (χ0n) is 10.2. The summed E-state index contributed by atoms with van der Waals surface area (Å²) < 4.78 is 4.85. The van der Waals surface area contributed by atoms with Crippen molar-refractivity contribution >= 4 is 11.7 Å². The number of hydrogen-bond donors (Lipinski definition) is 1. The summed E-state index contributed by atoms with van der Waals surface area (Å²) in [6, 6.07) is 6.21. The van der Waals surface area contributed by atoms with E-state index in [4.69, 9.17) is 4.74 Å². The molecule has 3 heteroatoms. The first-order chi connectivity index (χ1) is 7.63. The smallest absolute Gasteiger partial charge is 0.307 e. The zero-order valence-corrected chi connectivity index (χ0v) is 10.2. The van der Waals surface area contributed by atoms with E-state index in [2.05, 4.69) is 31.3 Å². The first kappa shape index (κ1) is 12.6. The third-order valence-corrected chi connectivity index (χ3v) is 2.33. The standard InChI is InChI=1S/C13H19NO2/c1-4-16-13(15)7-8-14-12-6-5-10(2)9-11(12)3/h5-6,9,14H,4,7-8H2,1-3H3. The molecule has 0 atom stereocenters. The maximum atomic E-state index is 11.1. The molecule has 0 aliphatic carbocycles. The van der Waals surface area contributed by atoms with Crippen LogP contribution < -0.4 is 5.32 Å². The molecule has 0 fully saturated rings. The van der Waals surface area contributed by atoms with Crippen LogP contribution in [0.15, 0.2) is 18.2 Å². The van der Waals surface area contributed by atoms with Crippen LogP contribution in [0.1, 0.15) is 24.5 Å². The highest BCUT2D eigenvalue weighted by atomic mass is 16.5. The Bertz CT molecular complexity index is 361. The van der Waals surface area contributed by atoms with Crippen molar-refractivity contribution in [1.82, 2.24) is 0 Å². The molecule has 0 amide bonds. The Kier molecular flexibility index (Phi) is 4.83. The minimum Gasteiger partial charge on any atom is -0.466 e. The molecule has 0 saturated carbocycles. The minimum atomic E-state index is -0.153. The molecule has 3 nitrogen and oxygen atoms in total. The van der Waals surface area contributed by atoms with Crippen molar-refractivity contribution in [2.45, 2.75) is 27.2 Å². The lowest BCUT2D eigenvalue weighted by Crippen LogP contribution is -2.11. The van der Waals surface area contributed by atoms with E-state index < -0.39 is 0 Å². The monoisotopic (exact) mass is 221 g/mol. The van der Waals surface area contributed by atoms with Gasteiger partial charge in [0.05, 0.1) is 13.0 Å². The molecule has 0 aliphatic rings. The second-order valence-electron chi connectivity index (χ2n) is 3.80. The van der Waals surface area contributed by atoms with Gasteiger partial charge in [-0.3, -0.25) is 4.79 Å². The number of ether oxygens (including phenoxy) is 1. The summed E-state index contributed by atoms with van der Waals surface area (Å²) in [7, 11) is 0. The van der Waals surface area contributed by atoms with Crippen molar-refractivity contribution in [3.05, 3.63) is 29.3 Å². The summed E-state index contributed by atoms with van der Waals surface area (Å²) in [6.45, 7) is 7.00. The van der Waals surface area contributed by atoms with Gasteiger partial charge in [-0.15, -0.1) is 0 Å². The highest BCUT2D eigenvalue weighted by molar-refractivity contribution is 5.70. The second-order valence-corrected chi connectivity index (χ2v) is 3.80. The summed E-state index contributed by atoms with van der Waals surface area (Å²) in [5, 5.41) is 3.23.